The Morgan fingerprint density at radius 2 is 1.94 bits per heavy atom. The molecule has 1 aliphatic heterocycles. The van der Waals surface area contributed by atoms with E-state index in [1.807, 2.05) is 43.8 Å². The number of nitrogens with one attached hydrogen (secondary N) is 3. The highest BCUT2D eigenvalue weighted by Gasteiger charge is 2.23. The highest BCUT2D eigenvalue weighted by Crippen LogP contribution is 2.25. The number of benzene rings is 1. The van der Waals surface area contributed by atoms with Gasteiger partial charge in [0.1, 0.15) is 5.39 Å². The van der Waals surface area contributed by atoms with Crippen molar-refractivity contribution in [3.63, 3.8) is 0 Å². The number of fused-ring (bicyclic) bond motifs is 2. The lowest BCUT2D eigenvalue weighted by Gasteiger charge is -2.24. The van der Waals surface area contributed by atoms with E-state index in [1.165, 1.54) is 11.1 Å². The molecule has 35 heavy (non-hydrogen) atoms. The van der Waals surface area contributed by atoms with Gasteiger partial charge in [-0.15, -0.1) is 0 Å². The second-order valence-electron chi connectivity index (χ2n) is 9.80. The number of hydrogen-bond donors (Lipinski definition) is 3. The maximum Gasteiger partial charge on any atom is 0.278 e. The molecule has 9 nitrogen and oxygen atoms in total. The van der Waals surface area contributed by atoms with Crippen molar-refractivity contribution in [2.45, 2.75) is 52.2 Å². The first-order valence-electron chi connectivity index (χ1n) is 12.0. The van der Waals surface area contributed by atoms with Gasteiger partial charge in [0.25, 0.3) is 5.56 Å². The zero-order chi connectivity index (χ0) is 24.7. The van der Waals surface area contributed by atoms with Crippen LogP contribution in [0.2, 0.25) is 0 Å². The summed E-state index contributed by atoms with van der Waals surface area (Å²) in [6, 6.07) is 10.2. The molecular weight excluding hydrogens is 440 g/mol. The second kappa shape index (κ2) is 8.90. The molecule has 0 radical (unpaired) electrons. The number of nitrogens with zero attached hydrogens (tertiary/aromatic N) is 5. The van der Waals surface area contributed by atoms with Gasteiger partial charge in [0, 0.05) is 30.7 Å². The lowest BCUT2D eigenvalue weighted by atomic mass is 10.00. The first kappa shape index (κ1) is 23.2. The third-order valence-corrected chi connectivity index (χ3v) is 6.71. The molecule has 9 heteroatoms. The Morgan fingerprint density at radius 3 is 2.71 bits per heavy atom. The predicted octanol–water partition coefficient (Wildman–Crippen LogP) is 3.40. The first-order valence-corrected chi connectivity index (χ1v) is 12.0. The fourth-order valence-corrected chi connectivity index (χ4v) is 4.48. The molecule has 1 aliphatic rings. The maximum absolute atomic E-state index is 13.3. The van der Waals surface area contributed by atoms with Crippen molar-refractivity contribution in [1.29, 1.82) is 0 Å². The zero-order valence-electron chi connectivity index (χ0n) is 20.9. The predicted molar refractivity (Wildman–Crippen MR) is 139 cm³/mol. The summed E-state index contributed by atoms with van der Waals surface area (Å²) in [7, 11) is 1.91. The van der Waals surface area contributed by atoms with Crippen molar-refractivity contribution in [1.82, 2.24) is 34.9 Å². The molecule has 0 saturated heterocycles. The minimum Gasteiger partial charge on any atom is -0.324 e. The number of rotatable bonds is 6. The summed E-state index contributed by atoms with van der Waals surface area (Å²) in [5, 5.41) is 10.5. The second-order valence-corrected chi connectivity index (χ2v) is 9.80. The van der Waals surface area contributed by atoms with Crippen LogP contribution in [0.3, 0.4) is 0 Å². The molecule has 182 valence electrons. The number of aromatic nitrogens is 5. The van der Waals surface area contributed by atoms with Crippen LogP contribution < -0.4 is 21.5 Å². The van der Waals surface area contributed by atoms with Crippen LogP contribution in [0.25, 0.3) is 16.7 Å². The van der Waals surface area contributed by atoms with Gasteiger partial charge in [-0.05, 0) is 83.1 Å². The van der Waals surface area contributed by atoms with Crippen LogP contribution in [0, 0.1) is 0 Å². The number of pyridine rings is 1. The van der Waals surface area contributed by atoms with E-state index in [1.54, 1.807) is 17.1 Å². The van der Waals surface area contributed by atoms with E-state index in [9.17, 15) is 4.79 Å². The molecule has 0 unspecified atom stereocenters. The Kier molecular flexibility index (Phi) is 5.90. The number of anilines is 2. The van der Waals surface area contributed by atoms with Gasteiger partial charge >= 0.3 is 0 Å². The molecule has 0 fully saturated rings. The van der Waals surface area contributed by atoms with E-state index in [0.29, 0.717) is 17.0 Å². The molecule has 0 atom stereocenters. The summed E-state index contributed by atoms with van der Waals surface area (Å²) < 4.78 is 3.60. The van der Waals surface area contributed by atoms with Crippen LogP contribution in [0.4, 0.5) is 11.6 Å². The lowest BCUT2D eigenvalue weighted by Crippen LogP contribution is -2.34. The van der Waals surface area contributed by atoms with E-state index in [4.69, 9.17) is 4.98 Å². The highest BCUT2D eigenvalue weighted by molar-refractivity contribution is 5.77. The average Bonchev–Trinajstić information content (AvgIpc) is 3.16. The van der Waals surface area contributed by atoms with Crippen LogP contribution in [-0.2, 0) is 18.5 Å². The SMILES string of the molecule is CNC(C)(C)c1cc(-n2c3nc(Nc4ccc5c(c4)CCNC5)ncc3c(=O)n2C(C)C)ccn1. The molecule has 0 amide bonds. The van der Waals surface area contributed by atoms with Gasteiger partial charge in [0.2, 0.25) is 5.95 Å². The zero-order valence-corrected chi connectivity index (χ0v) is 20.9. The van der Waals surface area contributed by atoms with Crippen LogP contribution in [0.15, 0.2) is 47.5 Å². The summed E-state index contributed by atoms with van der Waals surface area (Å²) in [6.45, 7) is 10.00. The van der Waals surface area contributed by atoms with Crippen LogP contribution >= 0.6 is 0 Å². The Hall–Kier alpha value is -3.56. The van der Waals surface area contributed by atoms with Crippen molar-refractivity contribution < 1.29 is 0 Å². The van der Waals surface area contributed by atoms with Gasteiger partial charge in [0.15, 0.2) is 5.65 Å². The minimum absolute atomic E-state index is 0.0729. The van der Waals surface area contributed by atoms with Crippen molar-refractivity contribution >= 4 is 22.7 Å². The van der Waals surface area contributed by atoms with E-state index in [2.05, 4.69) is 51.9 Å². The van der Waals surface area contributed by atoms with Crippen LogP contribution in [0.1, 0.15) is 50.6 Å². The Morgan fingerprint density at radius 1 is 1.11 bits per heavy atom. The largest absolute Gasteiger partial charge is 0.324 e. The third kappa shape index (κ3) is 4.21. The smallest absolute Gasteiger partial charge is 0.278 e. The fraction of sp³-hybridized carbons (Fsp3) is 0.385. The summed E-state index contributed by atoms with van der Waals surface area (Å²) >= 11 is 0. The summed E-state index contributed by atoms with van der Waals surface area (Å²) in [5.41, 5.74) is 5.39. The monoisotopic (exact) mass is 472 g/mol. The van der Waals surface area contributed by atoms with Crippen molar-refractivity contribution in [2.24, 2.45) is 0 Å². The molecule has 3 N–H and O–H groups in total. The van der Waals surface area contributed by atoms with Crippen molar-refractivity contribution in [3.05, 3.63) is 69.9 Å². The minimum atomic E-state index is -0.328. The maximum atomic E-state index is 13.3. The molecule has 1 aromatic carbocycles. The van der Waals surface area contributed by atoms with Gasteiger partial charge in [0.05, 0.1) is 16.9 Å². The van der Waals surface area contributed by atoms with Crippen LogP contribution in [-0.4, -0.2) is 37.9 Å². The standard InChI is InChI=1S/C26H32N8O/c1-16(2)33-24(35)21-15-30-25(31-19-7-6-18-14-28-10-8-17(18)12-19)32-23(21)34(33)20-9-11-29-22(13-20)26(3,4)27-5/h6-7,9,11-13,15-16,27-28H,8,10,14H2,1-5H3,(H,30,31,32). The topological polar surface area (TPSA) is 102 Å². The quantitative estimate of drug-likeness (QED) is 0.395. The van der Waals surface area contributed by atoms with Gasteiger partial charge < -0.3 is 16.0 Å². The van der Waals surface area contributed by atoms with Crippen molar-refractivity contribution in [3.8, 4) is 5.69 Å². The van der Waals surface area contributed by atoms with E-state index < -0.39 is 0 Å². The molecule has 4 aromatic rings. The lowest BCUT2D eigenvalue weighted by molar-refractivity contribution is 0.429. The average molecular weight is 473 g/mol. The van der Waals surface area contributed by atoms with Gasteiger partial charge in [-0.25, -0.2) is 14.3 Å². The Balaban J connectivity index is 1.62. The van der Waals surface area contributed by atoms with Crippen LogP contribution in [0.5, 0.6) is 0 Å². The molecule has 3 aromatic heterocycles. The highest BCUT2D eigenvalue weighted by atomic mass is 16.1. The normalized spacial score (nSPS) is 13.9. The molecule has 0 aliphatic carbocycles. The summed E-state index contributed by atoms with van der Waals surface area (Å²) in [5.74, 6) is 0.450. The molecule has 5 rings (SSSR count). The van der Waals surface area contributed by atoms with E-state index >= 15 is 0 Å². The van der Waals surface area contributed by atoms with Crippen molar-refractivity contribution in [2.75, 3.05) is 18.9 Å². The van der Waals surface area contributed by atoms with Gasteiger partial charge in [-0.2, -0.15) is 4.98 Å². The van der Waals surface area contributed by atoms with E-state index in [0.717, 1.165) is 36.6 Å². The third-order valence-electron chi connectivity index (χ3n) is 6.71. The fourth-order valence-electron chi connectivity index (χ4n) is 4.48. The van der Waals surface area contributed by atoms with Gasteiger partial charge in [-0.3, -0.25) is 9.78 Å². The molecular formula is C26H32N8O. The molecule has 4 heterocycles. The molecule has 0 spiro atoms. The Bertz CT molecular complexity index is 1450. The van der Waals surface area contributed by atoms with E-state index in [-0.39, 0.29) is 17.1 Å². The summed E-state index contributed by atoms with van der Waals surface area (Å²) in [4.78, 5) is 27.2. The Labute approximate surface area is 204 Å². The molecule has 0 bridgehead atoms. The van der Waals surface area contributed by atoms with Gasteiger partial charge in [-0.1, -0.05) is 6.07 Å². The summed E-state index contributed by atoms with van der Waals surface area (Å²) in [6.07, 6.45) is 4.38. The first-order chi connectivity index (χ1) is 16.8. The molecule has 0 saturated carbocycles. The number of hydrogen-bond acceptors (Lipinski definition) is 7.